The van der Waals surface area contributed by atoms with Crippen molar-refractivity contribution >= 4 is 17.3 Å². The summed E-state index contributed by atoms with van der Waals surface area (Å²) in [5.41, 5.74) is 0.609. The van der Waals surface area contributed by atoms with Crippen molar-refractivity contribution in [2.24, 2.45) is 5.92 Å². The first-order chi connectivity index (χ1) is 7.54. The Morgan fingerprint density at radius 2 is 2.31 bits per heavy atom. The number of aliphatic carboxylic acids is 1. The molecule has 0 aliphatic heterocycles. The number of carboxylic acids is 1. The van der Waals surface area contributed by atoms with Gasteiger partial charge < -0.3 is 9.84 Å². The lowest BCUT2D eigenvalue weighted by atomic mass is 10.1. The van der Waals surface area contributed by atoms with Crippen LogP contribution in [0.3, 0.4) is 0 Å². The van der Waals surface area contributed by atoms with Crippen molar-refractivity contribution in [3.63, 3.8) is 0 Å². The third-order valence-electron chi connectivity index (χ3n) is 2.10. The Morgan fingerprint density at radius 3 is 2.81 bits per heavy atom. The molecule has 0 fully saturated rings. The molecule has 0 aliphatic rings. The van der Waals surface area contributed by atoms with E-state index in [-0.39, 0.29) is 12.5 Å². The highest BCUT2D eigenvalue weighted by Gasteiger charge is 2.20. The summed E-state index contributed by atoms with van der Waals surface area (Å²) in [6, 6.07) is 0. The zero-order chi connectivity index (χ0) is 12.1. The van der Waals surface area contributed by atoms with Gasteiger partial charge >= 0.3 is 5.97 Å². The van der Waals surface area contributed by atoms with Crippen molar-refractivity contribution in [1.29, 1.82) is 0 Å². The van der Waals surface area contributed by atoms with Crippen LogP contribution in [0.25, 0.3) is 0 Å². The molecule has 1 aromatic heterocycles. The van der Waals surface area contributed by atoms with Gasteiger partial charge in [0.05, 0.1) is 12.1 Å². The second kappa shape index (κ2) is 5.96. The van der Waals surface area contributed by atoms with Crippen molar-refractivity contribution in [1.82, 2.24) is 4.98 Å². The molecular formula is C11H17NO3S. The molecule has 1 N–H and O–H groups in total. The van der Waals surface area contributed by atoms with E-state index in [0.29, 0.717) is 18.2 Å². The smallest absolute Gasteiger partial charge is 0.309 e. The Hall–Kier alpha value is -0.940. The van der Waals surface area contributed by atoms with Crippen LogP contribution in [0.5, 0.6) is 0 Å². The third kappa shape index (κ3) is 3.57. The fourth-order valence-electron chi connectivity index (χ4n) is 1.42. The molecule has 5 heteroatoms. The van der Waals surface area contributed by atoms with Crippen LogP contribution >= 0.6 is 11.3 Å². The molecule has 0 aliphatic carbocycles. The minimum atomic E-state index is -0.852. The van der Waals surface area contributed by atoms with Gasteiger partial charge in [-0.15, -0.1) is 11.3 Å². The fourth-order valence-corrected chi connectivity index (χ4v) is 2.46. The van der Waals surface area contributed by atoms with E-state index in [2.05, 4.69) is 18.8 Å². The van der Waals surface area contributed by atoms with Gasteiger partial charge in [-0.1, -0.05) is 13.8 Å². The average molecular weight is 243 g/mol. The molecule has 16 heavy (non-hydrogen) atoms. The maximum absolute atomic E-state index is 10.5. The van der Waals surface area contributed by atoms with Gasteiger partial charge in [0.25, 0.3) is 0 Å². The highest BCUT2D eigenvalue weighted by Crippen LogP contribution is 2.28. The zero-order valence-electron chi connectivity index (χ0n) is 9.77. The number of carboxylic acid groups (broad SMARTS) is 1. The number of thiazole rings is 1. The number of nitrogens with zero attached hydrogens (tertiary/aromatic N) is 1. The monoisotopic (exact) mass is 243 g/mol. The van der Waals surface area contributed by atoms with Crippen LogP contribution in [-0.2, 0) is 16.0 Å². The van der Waals surface area contributed by atoms with E-state index in [1.165, 1.54) is 11.3 Å². The van der Waals surface area contributed by atoms with Crippen molar-refractivity contribution in [2.45, 2.75) is 33.3 Å². The summed E-state index contributed by atoms with van der Waals surface area (Å²) in [6.07, 6.45) is -0.0504. The molecule has 0 saturated heterocycles. The van der Waals surface area contributed by atoms with Crippen LogP contribution in [0.4, 0.5) is 0 Å². The van der Waals surface area contributed by atoms with Crippen LogP contribution in [0.1, 0.15) is 37.6 Å². The van der Waals surface area contributed by atoms with Crippen molar-refractivity contribution in [3.05, 3.63) is 16.1 Å². The maximum atomic E-state index is 10.5. The SMILES string of the molecule is CCOC(c1nc(CC(=O)O)cs1)C(C)C. The van der Waals surface area contributed by atoms with Gasteiger partial charge in [-0.25, -0.2) is 4.98 Å². The predicted octanol–water partition coefficient (Wildman–Crippen LogP) is 2.50. The number of aromatic nitrogens is 1. The minimum Gasteiger partial charge on any atom is -0.481 e. The Bertz CT molecular complexity index is 349. The maximum Gasteiger partial charge on any atom is 0.309 e. The third-order valence-corrected chi connectivity index (χ3v) is 3.05. The summed E-state index contributed by atoms with van der Waals surface area (Å²) in [5, 5.41) is 11.3. The molecule has 1 rings (SSSR count). The summed E-state index contributed by atoms with van der Waals surface area (Å²) in [4.78, 5) is 14.8. The molecule has 0 bridgehead atoms. The molecular weight excluding hydrogens is 226 g/mol. The number of hydrogen-bond acceptors (Lipinski definition) is 4. The predicted molar refractivity (Wildman–Crippen MR) is 62.7 cm³/mol. The Balaban J connectivity index is 2.77. The van der Waals surface area contributed by atoms with E-state index in [1.807, 2.05) is 6.92 Å². The molecule has 0 aromatic carbocycles. The van der Waals surface area contributed by atoms with Crippen LogP contribution in [0.15, 0.2) is 5.38 Å². The standard InChI is InChI=1S/C11H17NO3S/c1-4-15-10(7(2)3)11-12-8(6-16-11)5-9(13)14/h6-7,10H,4-5H2,1-3H3,(H,13,14). The number of ether oxygens (including phenoxy) is 1. The first kappa shape index (κ1) is 13.1. The molecule has 1 heterocycles. The van der Waals surface area contributed by atoms with E-state index in [9.17, 15) is 4.79 Å². The molecule has 4 nitrogen and oxygen atoms in total. The first-order valence-corrected chi connectivity index (χ1v) is 6.20. The van der Waals surface area contributed by atoms with E-state index in [1.54, 1.807) is 5.38 Å². The first-order valence-electron chi connectivity index (χ1n) is 5.32. The summed E-state index contributed by atoms with van der Waals surface area (Å²) >= 11 is 1.47. The van der Waals surface area contributed by atoms with Crippen LogP contribution in [-0.4, -0.2) is 22.7 Å². The summed E-state index contributed by atoms with van der Waals surface area (Å²) < 4.78 is 5.61. The number of hydrogen-bond donors (Lipinski definition) is 1. The number of rotatable bonds is 6. The average Bonchev–Trinajstić information content (AvgIpc) is 2.60. The fraction of sp³-hybridized carbons (Fsp3) is 0.636. The lowest BCUT2D eigenvalue weighted by molar-refractivity contribution is -0.136. The normalized spacial score (nSPS) is 13.0. The molecule has 0 amide bonds. The van der Waals surface area contributed by atoms with Crippen LogP contribution < -0.4 is 0 Å². The van der Waals surface area contributed by atoms with E-state index in [0.717, 1.165) is 5.01 Å². The van der Waals surface area contributed by atoms with Gasteiger partial charge in [0, 0.05) is 12.0 Å². The van der Waals surface area contributed by atoms with Crippen LogP contribution in [0.2, 0.25) is 0 Å². The minimum absolute atomic E-state index is 0.0204. The summed E-state index contributed by atoms with van der Waals surface area (Å²) in [5.74, 6) is -0.516. The zero-order valence-corrected chi connectivity index (χ0v) is 10.6. The van der Waals surface area contributed by atoms with Crippen molar-refractivity contribution in [3.8, 4) is 0 Å². The largest absolute Gasteiger partial charge is 0.481 e. The highest BCUT2D eigenvalue weighted by molar-refractivity contribution is 7.09. The molecule has 1 aromatic rings. The summed E-state index contributed by atoms with van der Waals surface area (Å²) in [6.45, 7) is 6.72. The Labute approximate surface area is 99.3 Å². The lowest BCUT2D eigenvalue weighted by Crippen LogP contribution is -2.11. The van der Waals surface area contributed by atoms with Crippen molar-refractivity contribution in [2.75, 3.05) is 6.61 Å². The van der Waals surface area contributed by atoms with Gasteiger partial charge in [0.2, 0.25) is 0 Å². The second-order valence-electron chi connectivity index (χ2n) is 3.87. The summed E-state index contributed by atoms with van der Waals surface area (Å²) in [7, 11) is 0. The topological polar surface area (TPSA) is 59.4 Å². The number of carbonyl (C=O) groups is 1. The molecule has 1 atom stereocenters. The highest BCUT2D eigenvalue weighted by atomic mass is 32.1. The van der Waals surface area contributed by atoms with Gasteiger partial charge in [-0.2, -0.15) is 0 Å². The molecule has 0 saturated carbocycles. The molecule has 90 valence electrons. The quantitative estimate of drug-likeness (QED) is 0.834. The Morgan fingerprint density at radius 1 is 1.62 bits per heavy atom. The van der Waals surface area contributed by atoms with Crippen molar-refractivity contribution < 1.29 is 14.6 Å². The van der Waals surface area contributed by atoms with E-state index in [4.69, 9.17) is 9.84 Å². The molecule has 1 unspecified atom stereocenters. The molecule has 0 radical (unpaired) electrons. The Kier molecular flexibility index (Phi) is 4.89. The van der Waals surface area contributed by atoms with Gasteiger partial charge in [0.1, 0.15) is 11.1 Å². The second-order valence-corrected chi connectivity index (χ2v) is 4.76. The van der Waals surface area contributed by atoms with Gasteiger partial charge in [-0.05, 0) is 12.8 Å². The van der Waals surface area contributed by atoms with Gasteiger partial charge in [-0.3, -0.25) is 4.79 Å². The lowest BCUT2D eigenvalue weighted by Gasteiger charge is -2.17. The van der Waals surface area contributed by atoms with Crippen LogP contribution in [0, 0.1) is 5.92 Å². The van der Waals surface area contributed by atoms with E-state index >= 15 is 0 Å². The van der Waals surface area contributed by atoms with E-state index < -0.39 is 5.97 Å². The molecule has 0 spiro atoms. The van der Waals surface area contributed by atoms with Gasteiger partial charge in [0.15, 0.2) is 0 Å².